The summed E-state index contributed by atoms with van der Waals surface area (Å²) in [5.74, 6) is 2.30. The van der Waals surface area contributed by atoms with E-state index in [1.165, 1.54) is 0 Å². The van der Waals surface area contributed by atoms with Crippen molar-refractivity contribution in [3.8, 4) is 11.5 Å². The Hall–Kier alpha value is -2.83. The summed E-state index contributed by atoms with van der Waals surface area (Å²) in [6, 6.07) is 7.62. The lowest BCUT2D eigenvalue weighted by molar-refractivity contribution is -0.127. The van der Waals surface area contributed by atoms with Crippen molar-refractivity contribution in [2.45, 2.75) is 32.2 Å². The lowest BCUT2D eigenvalue weighted by Crippen LogP contribution is -2.47. The van der Waals surface area contributed by atoms with E-state index in [2.05, 4.69) is 20.2 Å². The third kappa shape index (κ3) is 3.67. The molecule has 0 saturated carbocycles. The number of carbonyl (C=O) groups is 1. The first-order valence-electron chi connectivity index (χ1n) is 9.27. The molecule has 2 aromatic rings. The lowest BCUT2D eigenvalue weighted by Gasteiger charge is -2.34. The number of aromatic nitrogens is 2. The second kappa shape index (κ2) is 7.06. The monoisotopic (exact) mass is 368 g/mol. The summed E-state index contributed by atoms with van der Waals surface area (Å²) in [5, 5.41) is 3.20. The molecule has 142 valence electrons. The van der Waals surface area contributed by atoms with Crippen molar-refractivity contribution in [3.63, 3.8) is 0 Å². The van der Waals surface area contributed by atoms with Crippen molar-refractivity contribution in [3.05, 3.63) is 42.2 Å². The van der Waals surface area contributed by atoms with Gasteiger partial charge in [-0.05, 0) is 50.5 Å². The number of nitrogens with zero attached hydrogens (tertiary/aromatic N) is 3. The van der Waals surface area contributed by atoms with Gasteiger partial charge in [-0.25, -0.2) is 9.97 Å². The van der Waals surface area contributed by atoms with Crippen LogP contribution in [0.1, 0.15) is 32.3 Å². The molecule has 7 heteroatoms. The maximum absolute atomic E-state index is 12.8. The molecule has 2 aliphatic heterocycles. The Kier molecular flexibility index (Phi) is 4.59. The predicted octanol–water partition coefficient (Wildman–Crippen LogP) is 2.47. The van der Waals surface area contributed by atoms with E-state index in [4.69, 9.17) is 9.47 Å². The van der Waals surface area contributed by atoms with Gasteiger partial charge in [-0.1, -0.05) is 6.07 Å². The summed E-state index contributed by atoms with van der Waals surface area (Å²) in [5.41, 5.74) is 0.507. The van der Waals surface area contributed by atoms with Crippen LogP contribution < -0.4 is 19.7 Å². The molecule has 1 N–H and O–H groups in total. The highest BCUT2D eigenvalue weighted by atomic mass is 16.7. The topological polar surface area (TPSA) is 76.6 Å². The fourth-order valence-corrected chi connectivity index (χ4v) is 3.56. The van der Waals surface area contributed by atoms with Crippen LogP contribution in [0.25, 0.3) is 0 Å². The molecule has 1 saturated heterocycles. The fraction of sp³-hybridized carbons (Fsp3) is 0.450. The molecule has 0 aliphatic carbocycles. The van der Waals surface area contributed by atoms with Gasteiger partial charge in [-0.3, -0.25) is 4.79 Å². The molecule has 1 aromatic heterocycles. The number of piperidine rings is 1. The zero-order valence-corrected chi connectivity index (χ0v) is 15.6. The van der Waals surface area contributed by atoms with Crippen LogP contribution in [0, 0.1) is 5.92 Å². The quantitative estimate of drug-likeness (QED) is 0.893. The predicted molar refractivity (Wildman–Crippen MR) is 101 cm³/mol. The molecule has 0 bridgehead atoms. The molecule has 1 amide bonds. The number of carbonyl (C=O) groups excluding carboxylic acids is 1. The minimum absolute atomic E-state index is 0.00162. The largest absolute Gasteiger partial charge is 0.454 e. The minimum Gasteiger partial charge on any atom is -0.454 e. The van der Waals surface area contributed by atoms with Crippen LogP contribution in [0.4, 0.5) is 5.95 Å². The van der Waals surface area contributed by atoms with Gasteiger partial charge in [0.05, 0.1) is 5.54 Å². The average Bonchev–Trinajstić information content (AvgIpc) is 3.16. The van der Waals surface area contributed by atoms with Gasteiger partial charge in [-0.2, -0.15) is 0 Å². The first-order chi connectivity index (χ1) is 13.0. The van der Waals surface area contributed by atoms with Gasteiger partial charge < -0.3 is 19.7 Å². The third-order valence-corrected chi connectivity index (χ3v) is 5.23. The maximum atomic E-state index is 12.8. The Morgan fingerprint density at radius 1 is 1.15 bits per heavy atom. The summed E-state index contributed by atoms with van der Waals surface area (Å²) in [6.07, 6.45) is 5.08. The smallest absolute Gasteiger partial charge is 0.231 e. The molecule has 1 fully saturated rings. The van der Waals surface area contributed by atoms with Crippen molar-refractivity contribution >= 4 is 11.9 Å². The molecular weight excluding hydrogens is 344 g/mol. The molecule has 0 atom stereocenters. The molecule has 2 aliphatic rings. The molecule has 3 heterocycles. The number of hydrogen-bond donors (Lipinski definition) is 1. The molecule has 0 unspecified atom stereocenters. The van der Waals surface area contributed by atoms with Crippen molar-refractivity contribution in [2.24, 2.45) is 5.92 Å². The fourth-order valence-electron chi connectivity index (χ4n) is 3.56. The average molecular weight is 368 g/mol. The summed E-state index contributed by atoms with van der Waals surface area (Å²) in [7, 11) is 0. The molecule has 0 radical (unpaired) electrons. The summed E-state index contributed by atoms with van der Waals surface area (Å²) < 4.78 is 10.8. The van der Waals surface area contributed by atoms with Gasteiger partial charge in [0.2, 0.25) is 18.6 Å². The van der Waals surface area contributed by atoms with E-state index in [-0.39, 0.29) is 18.6 Å². The van der Waals surface area contributed by atoms with Gasteiger partial charge in [-0.15, -0.1) is 0 Å². The third-order valence-electron chi connectivity index (χ3n) is 5.23. The van der Waals surface area contributed by atoms with Crippen LogP contribution in [0.5, 0.6) is 11.5 Å². The number of anilines is 1. The first-order valence-corrected chi connectivity index (χ1v) is 9.27. The molecular formula is C20H24N4O3. The molecule has 0 spiro atoms. The van der Waals surface area contributed by atoms with Gasteiger partial charge in [0, 0.05) is 31.4 Å². The molecule has 27 heavy (non-hydrogen) atoms. The van der Waals surface area contributed by atoms with E-state index in [1.807, 2.05) is 38.1 Å². The van der Waals surface area contributed by atoms with E-state index in [9.17, 15) is 4.79 Å². The normalized spacial score (nSPS) is 17.0. The van der Waals surface area contributed by atoms with E-state index < -0.39 is 5.54 Å². The number of amides is 1. The number of hydrogen-bond acceptors (Lipinski definition) is 6. The Morgan fingerprint density at radius 3 is 2.59 bits per heavy atom. The molecule has 4 rings (SSSR count). The van der Waals surface area contributed by atoms with Crippen molar-refractivity contribution in [1.82, 2.24) is 15.3 Å². The highest BCUT2D eigenvalue weighted by molar-refractivity contribution is 5.80. The van der Waals surface area contributed by atoms with Crippen LogP contribution in [-0.4, -0.2) is 35.8 Å². The van der Waals surface area contributed by atoms with Crippen LogP contribution in [0.3, 0.4) is 0 Å². The van der Waals surface area contributed by atoms with Crippen LogP contribution >= 0.6 is 0 Å². The van der Waals surface area contributed by atoms with E-state index in [0.717, 1.165) is 48.9 Å². The standard InChI is InChI=1S/C20H24N4O3/c1-20(2,15-4-5-16-17(12-15)27-13-26-16)23-18(25)14-6-10-24(11-7-14)19-21-8-3-9-22-19/h3-5,8-9,12,14H,6-7,10-11,13H2,1-2H3,(H,23,25). The molecule has 1 aromatic carbocycles. The number of ether oxygens (including phenoxy) is 2. The van der Waals surface area contributed by atoms with E-state index >= 15 is 0 Å². The Bertz CT molecular complexity index is 817. The summed E-state index contributed by atoms with van der Waals surface area (Å²) in [6.45, 7) is 5.83. The first kappa shape index (κ1) is 17.6. The van der Waals surface area contributed by atoms with Crippen LogP contribution in [-0.2, 0) is 10.3 Å². The number of fused-ring (bicyclic) bond motifs is 1. The van der Waals surface area contributed by atoms with Gasteiger partial charge in [0.1, 0.15) is 0 Å². The zero-order chi connectivity index (χ0) is 18.9. The summed E-state index contributed by atoms with van der Waals surface area (Å²) in [4.78, 5) is 23.6. The van der Waals surface area contributed by atoms with Crippen molar-refractivity contribution in [1.29, 1.82) is 0 Å². The second-order valence-corrected chi connectivity index (χ2v) is 7.49. The Labute approximate surface area is 158 Å². The second-order valence-electron chi connectivity index (χ2n) is 7.49. The van der Waals surface area contributed by atoms with Crippen molar-refractivity contribution < 1.29 is 14.3 Å². The summed E-state index contributed by atoms with van der Waals surface area (Å²) >= 11 is 0. The van der Waals surface area contributed by atoms with Crippen LogP contribution in [0.2, 0.25) is 0 Å². The van der Waals surface area contributed by atoms with Crippen molar-refractivity contribution in [2.75, 3.05) is 24.8 Å². The molecule has 7 nitrogen and oxygen atoms in total. The zero-order valence-electron chi connectivity index (χ0n) is 15.6. The van der Waals surface area contributed by atoms with Crippen LogP contribution in [0.15, 0.2) is 36.7 Å². The van der Waals surface area contributed by atoms with Gasteiger partial charge >= 0.3 is 0 Å². The van der Waals surface area contributed by atoms with E-state index in [0.29, 0.717) is 0 Å². The number of rotatable bonds is 4. The number of nitrogens with one attached hydrogen (secondary N) is 1. The Morgan fingerprint density at radius 2 is 1.85 bits per heavy atom. The lowest BCUT2D eigenvalue weighted by atomic mass is 9.90. The minimum atomic E-state index is -0.488. The SMILES string of the molecule is CC(C)(NC(=O)C1CCN(c2ncccn2)CC1)c1ccc2c(c1)OCO2. The maximum Gasteiger partial charge on any atom is 0.231 e. The Balaban J connectivity index is 1.37. The van der Waals surface area contributed by atoms with Gasteiger partial charge in [0.25, 0.3) is 0 Å². The number of benzene rings is 1. The van der Waals surface area contributed by atoms with E-state index in [1.54, 1.807) is 12.4 Å². The highest BCUT2D eigenvalue weighted by Gasteiger charge is 2.31. The highest BCUT2D eigenvalue weighted by Crippen LogP contribution is 2.35. The van der Waals surface area contributed by atoms with Gasteiger partial charge in [0.15, 0.2) is 11.5 Å².